The number of nitrogens with zero attached hydrogens (tertiary/aromatic N) is 2. The summed E-state index contributed by atoms with van der Waals surface area (Å²) < 4.78 is 6.95. The van der Waals surface area contributed by atoms with E-state index in [0.717, 1.165) is 16.9 Å². The van der Waals surface area contributed by atoms with E-state index in [1.54, 1.807) is 47.3 Å². The van der Waals surface area contributed by atoms with Crippen molar-refractivity contribution in [3.63, 3.8) is 0 Å². The highest BCUT2D eigenvalue weighted by atomic mass is 35.5. The van der Waals surface area contributed by atoms with Gasteiger partial charge in [-0.05, 0) is 48.9 Å². The Morgan fingerprint density at radius 1 is 1.21 bits per heavy atom. The molecule has 4 rings (SSSR count). The Hall–Kier alpha value is -3.32. The van der Waals surface area contributed by atoms with E-state index in [0.29, 0.717) is 23.1 Å². The van der Waals surface area contributed by atoms with Crippen LogP contribution in [-0.2, 0) is 9.59 Å². The van der Waals surface area contributed by atoms with Crippen LogP contribution in [0.4, 0.5) is 11.5 Å². The molecule has 3 aromatic rings. The lowest BCUT2D eigenvalue weighted by Gasteiger charge is -2.10. The molecular formula is C21H19ClN4O3. The molecule has 0 bridgehead atoms. The van der Waals surface area contributed by atoms with Gasteiger partial charge in [-0.1, -0.05) is 23.7 Å². The molecule has 7 nitrogen and oxygen atoms in total. The molecule has 2 amide bonds. The van der Waals surface area contributed by atoms with Crippen LogP contribution >= 0.6 is 11.6 Å². The molecule has 0 saturated carbocycles. The fourth-order valence-electron chi connectivity index (χ4n) is 3.24. The molecule has 0 saturated heterocycles. The number of carbonyl (C=O) groups is 2. The molecule has 2 heterocycles. The Labute approximate surface area is 172 Å². The number of hydrogen-bond donors (Lipinski definition) is 2. The molecule has 1 unspecified atom stereocenters. The average Bonchev–Trinajstić information content (AvgIpc) is 3.24. The number of halogens is 1. The molecule has 2 aromatic carbocycles. The molecule has 8 heteroatoms. The van der Waals surface area contributed by atoms with Gasteiger partial charge in [0.25, 0.3) is 5.91 Å². The van der Waals surface area contributed by atoms with Crippen LogP contribution in [0.2, 0.25) is 5.02 Å². The fourth-order valence-corrected chi connectivity index (χ4v) is 3.37. The van der Waals surface area contributed by atoms with Crippen molar-refractivity contribution in [3.05, 3.63) is 59.8 Å². The maximum Gasteiger partial charge on any atom is 0.251 e. The average molecular weight is 411 g/mol. The van der Waals surface area contributed by atoms with Crippen LogP contribution < -0.4 is 15.4 Å². The van der Waals surface area contributed by atoms with Gasteiger partial charge < -0.3 is 15.4 Å². The highest BCUT2D eigenvalue weighted by Crippen LogP contribution is 2.36. The summed E-state index contributed by atoms with van der Waals surface area (Å²) in [6.07, 6.45) is 1.66. The van der Waals surface area contributed by atoms with Gasteiger partial charge in [0.05, 0.1) is 19.2 Å². The molecule has 1 aliphatic heterocycles. The second-order valence-electron chi connectivity index (χ2n) is 6.57. The molecule has 29 heavy (non-hydrogen) atoms. The second-order valence-corrected chi connectivity index (χ2v) is 7.01. The third-order valence-corrected chi connectivity index (χ3v) is 4.87. The summed E-state index contributed by atoms with van der Waals surface area (Å²) in [5.41, 5.74) is 2.30. The maximum atomic E-state index is 12.5. The van der Waals surface area contributed by atoms with Crippen LogP contribution in [0.5, 0.6) is 5.75 Å². The van der Waals surface area contributed by atoms with Gasteiger partial charge in [-0.15, -0.1) is 0 Å². The summed E-state index contributed by atoms with van der Waals surface area (Å²) in [6.45, 7) is 2.48. The summed E-state index contributed by atoms with van der Waals surface area (Å²) in [7, 11) is 0. The quantitative estimate of drug-likeness (QED) is 0.640. The summed E-state index contributed by atoms with van der Waals surface area (Å²) in [6, 6.07) is 13.7. The van der Waals surface area contributed by atoms with Crippen molar-refractivity contribution in [1.29, 1.82) is 0 Å². The molecular weight excluding hydrogens is 392 g/mol. The van der Waals surface area contributed by atoms with E-state index in [9.17, 15) is 9.59 Å². The number of nitrogens with one attached hydrogen (secondary N) is 2. The zero-order valence-corrected chi connectivity index (χ0v) is 16.4. The van der Waals surface area contributed by atoms with E-state index in [1.165, 1.54) is 0 Å². The van der Waals surface area contributed by atoms with Crippen molar-refractivity contribution in [3.8, 4) is 16.9 Å². The van der Waals surface area contributed by atoms with Gasteiger partial charge in [0.1, 0.15) is 17.6 Å². The smallest absolute Gasteiger partial charge is 0.251 e. The number of hydrogen-bond acceptors (Lipinski definition) is 4. The van der Waals surface area contributed by atoms with Crippen molar-refractivity contribution in [2.45, 2.75) is 19.4 Å². The minimum Gasteiger partial charge on any atom is -0.494 e. The summed E-state index contributed by atoms with van der Waals surface area (Å²) in [5, 5.41) is 10.6. The van der Waals surface area contributed by atoms with E-state index in [-0.39, 0.29) is 18.2 Å². The second kappa shape index (κ2) is 7.97. The summed E-state index contributed by atoms with van der Waals surface area (Å²) in [4.78, 5) is 24.9. The normalized spacial score (nSPS) is 15.0. The molecule has 2 N–H and O–H groups in total. The van der Waals surface area contributed by atoms with E-state index >= 15 is 0 Å². The number of ether oxygens (including phenoxy) is 1. The van der Waals surface area contributed by atoms with Gasteiger partial charge >= 0.3 is 0 Å². The predicted molar refractivity (Wildman–Crippen MR) is 111 cm³/mol. The first kappa shape index (κ1) is 19.0. The van der Waals surface area contributed by atoms with E-state index in [2.05, 4.69) is 15.7 Å². The highest BCUT2D eigenvalue weighted by Gasteiger charge is 2.35. The highest BCUT2D eigenvalue weighted by molar-refractivity contribution is 6.30. The first-order chi connectivity index (χ1) is 14.0. The Morgan fingerprint density at radius 2 is 1.93 bits per heavy atom. The molecule has 0 radical (unpaired) electrons. The Morgan fingerprint density at radius 3 is 2.62 bits per heavy atom. The number of anilines is 2. The lowest BCUT2D eigenvalue weighted by Crippen LogP contribution is -2.23. The zero-order chi connectivity index (χ0) is 20.4. The summed E-state index contributed by atoms with van der Waals surface area (Å²) in [5.74, 6) is 0.781. The fraction of sp³-hybridized carbons (Fsp3) is 0.190. The predicted octanol–water partition coefficient (Wildman–Crippen LogP) is 4.12. The first-order valence-electron chi connectivity index (χ1n) is 9.22. The molecule has 148 valence electrons. The lowest BCUT2D eigenvalue weighted by atomic mass is 10.1. The monoisotopic (exact) mass is 410 g/mol. The number of amides is 2. The van der Waals surface area contributed by atoms with Gasteiger partial charge in [0.15, 0.2) is 0 Å². The number of carbonyl (C=O) groups excluding carboxylic acids is 2. The van der Waals surface area contributed by atoms with E-state index < -0.39 is 6.04 Å². The van der Waals surface area contributed by atoms with Crippen LogP contribution in [0, 0.1) is 0 Å². The van der Waals surface area contributed by atoms with Gasteiger partial charge in [-0.3, -0.25) is 9.59 Å². The molecule has 1 aromatic heterocycles. The molecule has 1 atom stereocenters. The minimum absolute atomic E-state index is 0.0201. The standard InChI is InChI=1S/C21H19ClN4O3/c1-2-29-16-9-7-15(8-10-16)24-19(27)11-18-21(28)25-20-17(12-23-26(18)20)13-3-5-14(22)6-4-13/h3-10,12,18H,2,11H2,1H3,(H,24,27)(H,25,28). The van der Waals surface area contributed by atoms with Gasteiger partial charge in [0, 0.05) is 16.3 Å². The van der Waals surface area contributed by atoms with Gasteiger partial charge in [0.2, 0.25) is 5.91 Å². The zero-order valence-electron chi connectivity index (χ0n) is 15.7. The van der Waals surface area contributed by atoms with E-state index in [4.69, 9.17) is 16.3 Å². The maximum absolute atomic E-state index is 12.5. The SMILES string of the molecule is CCOc1ccc(NC(=O)CC2C(=O)Nc3c(-c4ccc(Cl)cc4)cnn32)cc1. The third kappa shape index (κ3) is 3.95. The summed E-state index contributed by atoms with van der Waals surface area (Å²) >= 11 is 5.94. The van der Waals surface area contributed by atoms with Crippen molar-refractivity contribution in [2.75, 3.05) is 17.2 Å². The van der Waals surface area contributed by atoms with Crippen LogP contribution in [0.25, 0.3) is 11.1 Å². The van der Waals surface area contributed by atoms with Crippen molar-refractivity contribution >= 4 is 34.9 Å². The topological polar surface area (TPSA) is 85.2 Å². The van der Waals surface area contributed by atoms with Crippen LogP contribution in [0.15, 0.2) is 54.7 Å². The van der Waals surface area contributed by atoms with Crippen molar-refractivity contribution < 1.29 is 14.3 Å². The largest absolute Gasteiger partial charge is 0.494 e. The minimum atomic E-state index is -0.700. The number of benzene rings is 2. The Kier molecular flexibility index (Phi) is 5.22. The molecule has 0 fully saturated rings. The Bertz CT molecular complexity index is 1040. The van der Waals surface area contributed by atoms with Gasteiger partial charge in [-0.25, -0.2) is 4.68 Å². The number of aromatic nitrogens is 2. The Balaban J connectivity index is 1.47. The van der Waals surface area contributed by atoms with Gasteiger partial charge in [-0.2, -0.15) is 5.10 Å². The third-order valence-electron chi connectivity index (χ3n) is 4.62. The van der Waals surface area contributed by atoms with Crippen molar-refractivity contribution in [2.24, 2.45) is 0 Å². The van der Waals surface area contributed by atoms with Crippen LogP contribution in [-0.4, -0.2) is 28.2 Å². The van der Waals surface area contributed by atoms with E-state index in [1.807, 2.05) is 19.1 Å². The first-order valence-corrected chi connectivity index (χ1v) is 9.60. The molecule has 0 aliphatic carbocycles. The van der Waals surface area contributed by atoms with Crippen molar-refractivity contribution in [1.82, 2.24) is 9.78 Å². The molecule has 1 aliphatic rings. The van der Waals surface area contributed by atoms with Crippen LogP contribution in [0.3, 0.4) is 0 Å². The molecule has 0 spiro atoms. The number of fused-ring (bicyclic) bond motifs is 1. The number of rotatable bonds is 6. The lowest BCUT2D eigenvalue weighted by molar-refractivity contribution is -0.123. The van der Waals surface area contributed by atoms with Crippen LogP contribution in [0.1, 0.15) is 19.4 Å².